The number of carboxylic acid groups (broad SMARTS) is 1. The largest absolute Gasteiger partial charge is 0.480 e. The number of thioether (sulfide) groups is 1. The molecule has 3 aromatic rings. The number of carbonyl (C=O) groups is 3. The van der Waals surface area contributed by atoms with Crippen LogP contribution < -0.4 is 5.32 Å². The molecule has 2 unspecified atom stereocenters. The van der Waals surface area contributed by atoms with Gasteiger partial charge in [-0.15, -0.1) is 0 Å². The first-order valence-corrected chi connectivity index (χ1v) is 11.7. The predicted octanol–water partition coefficient (Wildman–Crippen LogP) is 4.78. The van der Waals surface area contributed by atoms with Gasteiger partial charge in [-0.25, -0.2) is 0 Å². The third-order valence-electron chi connectivity index (χ3n) is 5.31. The maximum Gasteiger partial charge on any atom is 0.317 e. The summed E-state index contributed by atoms with van der Waals surface area (Å²) in [6.07, 6.45) is 0.465. The van der Waals surface area contributed by atoms with Crippen molar-refractivity contribution in [3.8, 4) is 11.1 Å². The number of carbonyl (C=O) groups excluding carboxylic acids is 2. The van der Waals surface area contributed by atoms with Crippen LogP contribution >= 0.6 is 11.8 Å². The lowest BCUT2D eigenvalue weighted by molar-refractivity contribution is -0.136. The minimum absolute atomic E-state index is 0.0537. The zero-order chi connectivity index (χ0) is 23.6. The Morgan fingerprint density at radius 2 is 1.42 bits per heavy atom. The van der Waals surface area contributed by atoms with E-state index in [2.05, 4.69) is 5.32 Å². The molecule has 0 fully saturated rings. The highest BCUT2D eigenvalue weighted by molar-refractivity contribution is 8.13. The van der Waals surface area contributed by atoms with E-state index < -0.39 is 17.9 Å². The van der Waals surface area contributed by atoms with E-state index in [0.29, 0.717) is 17.7 Å². The number of hydrogen-bond donors (Lipinski definition) is 2. The first kappa shape index (κ1) is 24.4. The van der Waals surface area contributed by atoms with Crippen molar-refractivity contribution in [2.45, 2.75) is 19.4 Å². The summed E-state index contributed by atoms with van der Waals surface area (Å²) in [5.41, 5.74) is 3.90. The quantitative estimate of drug-likeness (QED) is 0.428. The first-order chi connectivity index (χ1) is 15.9. The van der Waals surface area contributed by atoms with Gasteiger partial charge < -0.3 is 5.11 Å². The average Bonchev–Trinajstić information content (AvgIpc) is 2.83. The van der Waals surface area contributed by atoms with Gasteiger partial charge in [0.1, 0.15) is 0 Å². The van der Waals surface area contributed by atoms with E-state index in [1.165, 1.54) is 6.92 Å². The van der Waals surface area contributed by atoms with Crippen LogP contribution in [0.15, 0.2) is 84.9 Å². The Labute approximate surface area is 198 Å². The fraction of sp³-hybridized carbons (Fsp3) is 0.222. The Bertz CT molecular complexity index is 1070. The number of rotatable bonds is 11. The van der Waals surface area contributed by atoms with Crippen LogP contribution in [0.3, 0.4) is 0 Å². The summed E-state index contributed by atoms with van der Waals surface area (Å²) in [7, 11) is 0. The lowest BCUT2D eigenvalue weighted by Gasteiger charge is -2.23. The molecule has 0 saturated carbocycles. The summed E-state index contributed by atoms with van der Waals surface area (Å²) in [5, 5.41) is 12.0. The normalized spacial score (nSPS) is 12.6. The molecule has 33 heavy (non-hydrogen) atoms. The number of hydrogen-bond acceptors (Lipinski definition) is 5. The minimum Gasteiger partial charge on any atom is -0.480 e. The highest BCUT2D eigenvalue weighted by Crippen LogP contribution is 2.26. The Balaban J connectivity index is 1.83. The van der Waals surface area contributed by atoms with E-state index in [9.17, 15) is 14.4 Å². The van der Waals surface area contributed by atoms with Gasteiger partial charge in [-0.1, -0.05) is 96.7 Å². The highest BCUT2D eigenvalue weighted by atomic mass is 32.2. The van der Waals surface area contributed by atoms with E-state index in [4.69, 9.17) is 5.11 Å². The second-order valence-corrected chi connectivity index (χ2v) is 8.98. The molecule has 0 amide bonds. The van der Waals surface area contributed by atoms with Crippen molar-refractivity contribution in [2.75, 3.05) is 12.3 Å². The second kappa shape index (κ2) is 12.1. The number of aliphatic carboxylic acids is 1. The third kappa shape index (κ3) is 7.41. The SMILES string of the molecule is CC(=O)SCC(Cc1ccc(-c2ccccc2)cc1)C(=O)C(NCC(=O)O)c1ccccc1. The Kier molecular flexibility index (Phi) is 8.98. The molecular weight excluding hydrogens is 434 g/mol. The lowest BCUT2D eigenvalue weighted by Crippen LogP contribution is -2.37. The molecule has 0 aliphatic heterocycles. The van der Waals surface area contributed by atoms with Crippen molar-refractivity contribution in [3.63, 3.8) is 0 Å². The predicted molar refractivity (Wildman–Crippen MR) is 132 cm³/mol. The van der Waals surface area contributed by atoms with Crippen molar-refractivity contribution >= 4 is 28.6 Å². The maximum atomic E-state index is 13.6. The van der Waals surface area contributed by atoms with Gasteiger partial charge in [0.25, 0.3) is 0 Å². The molecule has 2 N–H and O–H groups in total. The Hall–Kier alpha value is -3.22. The molecule has 0 aliphatic rings. The van der Waals surface area contributed by atoms with E-state index in [1.54, 1.807) is 12.1 Å². The smallest absolute Gasteiger partial charge is 0.317 e. The minimum atomic E-state index is -1.03. The molecular formula is C27H27NO4S. The van der Waals surface area contributed by atoms with Crippen LogP contribution in [-0.2, 0) is 20.8 Å². The van der Waals surface area contributed by atoms with Crippen LogP contribution in [-0.4, -0.2) is 34.3 Å². The van der Waals surface area contributed by atoms with Crippen LogP contribution in [0.4, 0.5) is 0 Å². The molecule has 0 bridgehead atoms. The standard InChI is InChI=1S/C27H27NO4S/c1-19(29)33-18-24(16-20-12-14-22(15-13-20)21-8-4-2-5-9-21)27(32)26(28-17-25(30)31)23-10-6-3-7-11-23/h2-15,24,26,28H,16-18H2,1H3,(H,30,31). The van der Waals surface area contributed by atoms with E-state index in [1.807, 2.05) is 72.8 Å². The van der Waals surface area contributed by atoms with Crippen LogP contribution in [0, 0.1) is 5.92 Å². The first-order valence-electron chi connectivity index (χ1n) is 10.8. The molecule has 0 spiro atoms. The summed E-state index contributed by atoms with van der Waals surface area (Å²) >= 11 is 1.12. The number of benzene rings is 3. The second-order valence-electron chi connectivity index (χ2n) is 7.79. The monoisotopic (exact) mass is 461 g/mol. The summed E-state index contributed by atoms with van der Waals surface area (Å²) in [6, 6.07) is 26.4. The molecule has 6 heteroatoms. The molecule has 0 saturated heterocycles. The zero-order valence-electron chi connectivity index (χ0n) is 18.4. The molecule has 0 aromatic heterocycles. The van der Waals surface area contributed by atoms with Gasteiger partial charge in [0, 0.05) is 18.6 Å². The number of ketones is 1. The summed E-state index contributed by atoms with van der Waals surface area (Å²) < 4.78 is 0. The number of nitrogens with one attached hydrogen (secondary N) is 1. The van der Waals surface area contributed by atoms with Gasteiger partial charge in [-0.3, -0.25) is 19.7 Å². The van der Waals surface area contributed by atoms with Gasteiger partial charge in [0.15, 0.2) is 10.9 Å². The third-order valence-corrected chi connectivity index (χ3v) is 6.28. The van der Waals surface area contributed by atoms with Gasteiger partial charge in [0.05, 0.1) is 12.6 Å². The van der Waals surface area contributed by atoms with Crippen LogP contribution in [0.2, 0.25) is 0 Å². The summed E-state index contributed by atoms with van der Waals surface area (Å²) in [5.74, 6) is -1.27. The maximum absolute atomic E-state index is 13.6. The van der Waals surface area contributed by atoms with Crippen molar-refractivity contribution < 1.29 is 19.5 Å². The molecule has 3 aromatic carbocycles. The van der Waals surface area contributed by atoms with Crippen molar-refractivity contribution in [2.24, 2.45) is 5.92 Å². The molecule has 2 atom stereocenters. The fourth-order valence-electron chi connectivity index (χ4n) is 3.66. The molecule has 170 valence electrons. The molecule has 0 heterocycles. The van der Waals surface area contributed by atoms with Crippen molar-refractivity contribution in [1.82, 2.24) is 5.32 Å². The van der Waals surface area contributed by atoms with Crippen molar-refractivity contribution in [3.05, 3.63) is 96.1 Å². The fourth-order valence-corrected chi connectivity index (χ4v) is 4.38. The average molecular weight is 462 g/mol. The van der Waals surface area contributed by atoms with Crippen LogP contribution in [0.25, 0.3) is 11.1 Å². The van der Waals surface area contributed by atoms with Gasteiger partial charge in [-0.05, 0) is 28.7 Å². The van der Waals surface area contributed by atoms with Crippen LogP contribution in [0.1, 0.15) is 24.1 Å². The number of carboxylic acids is 1. The van der Waals surface area contributed by atoms with E-state index in [-0.39, 0.29) is 17.4 Å². The van der Waals surface area contributed by atoms with E-state index in [0.717, 1.165) is 28.5 Å². The molecule has 5 nitrogen and oxygen atoms in total. The van der Waals surface area contributed by atoms with Gasteiger partial charge >= 0.3 is 5.97 Å². The Morgan fingerprint density at radius 1 is 0.848 bits per heavy atom. The lowest BCUT2D eigenvalue weighted by atomic mass is 9.89. The molecule has 3 rings (SSSR count). The zero-order valence-corrected chi connectivity index (χ0v) is 19.3. The highest BCUT2D eigenvalue weighted by Gasteiger charge is 2.29. The van der Waals surface area contributed by atoms with Crippen molar-refractivity contribution in [1.29, 1.82) is 0 Å². The molecule has 0 aliphatic carbocycles. The topological polar surface area (TPSA) is 83.5 Å². The summed E-state index contributed by atoms with van der Waals surface area (Å²) in [4.78, 5) is 36.4. The van der Waals surface area contributed by atoms with Gasteiger partial charge in [-0.2, -0.15) is 0 Å². The number of Topliss-reactive ketones (excluding diaryl/α,β-unsaturated/α-hetero) is 1. The summed E-state index contributed by atoms with van der Waals surface area (Å²) in [6.45, 7) is 1.15. The van der Waals surface area contributed by atoms with Crippen LogP contribution in [0.5, 0.6) is 0 Å². The van der Waals surface area contributed by atoms with E-state index >= 15 is 0 Å². The Morgan fingerprint density at radius 3 is 2.00 bits per heavy atom. The molecule has 0 radical (unpaired) electrons. The van der Waals surface area contributed by atoms with Gasteiger partial charge in [0.2, 0.25) is 0 Å².